The molecule has 9 heteroatoms. The van der Waals surface area contributed by atoms with Gasteiger partial charge < -0.3 is 19.9 Å². The Labute approximate surface area is 233 Å². The van der Waals surface area contributed by atoms with Crippen molar-refractivity contribution in [2.45, 2.75) is 84.3 Å². The van der Waals surface area contributed by atoms with Crippen molar-refractivity contribution in [1.82, 2.24) is 19.8 Å². The second kappa shape index (κ2) is 13.5. The summed E-state index contributed by atoms with van der Waals surface area (Å²) in [4.78, 5) is 42.5. The van der Waals surface area contributed by atoms with Gasteiger partial charge in [-0.05, 0) is 83.7 Å². The number of nitrogens with one attached hydrogen (secondary N) is 1. The van der Waals surface area contributed by atoms with Crippen molar-refractivity contribution in [3.05, 3.63) is 23.7 Å². The summed E-state index contributed by atoms with van der Waals surface area (Å²) in [6.07, 6.45) is 13.0. The molecule has 1 N–H and O–H groups in total. The molecule has 1 saturated carbocycles. The quantitative estimate of drug-likeness (QED) is 0.350. The number of esters is 1. The predicted octanol–water partition coefficient (Wildman–Crippen LogP) is 4.33. The van der Waals surface area contributed by atoms with Gasteiger partial charge in [-0.3, -0.25) is 14.6 Å². The maximum absolute atomic E-state index is 12.4. The SMILES string of the molecule is Cc1nc2c(c(NC3CCC(CCC(=O)OC4CN(C(=O)/C=C/CN(C)C)C4)CC3)n1)N=CC(C(C)C)CC2. The molecular formula is C30H46N6O3. The van der Waals surface area contributed by atoms with E-state index in [0.29, 0.717) is 43.3 Å². The van der Waals surface area contributed by atoms with E-state index in [4.69, 9.17) is 19.7 Å². The van der Waals surface area contributed by atoms with E-state index in [-0.39, 0.29) is 18.0 Å². The van der Waals surface area contributed by atoms with Crippen molar-refractivity contribution in [1.29, 1.82) is 0 Å². The lowest BCUT2D eigenvalue weighted by Crippen LogP contribution is -2.54. The van der Waals surface area contributed by atoms with Gasteiger partial charge >= 0.3 is 5.97 Å². The lowest BCUT2D eigenvalue weighted by Gasteiger charge is -2.37. The number of carbonyl (C=O) groups is 2. The molecule has 1 amide bonds. The minimum atomic E-state index is -0.173. The smallest absolute Gasteiger partial charge is 0.306 e. The highest BCUT2D eigenvalue weighted by Gasteiger charge is 2.32. The minimum absolute atomic E-state index is 0.0192. The number of aliphatic imine (C=N–C) groups is 1. The van der Waals surface area contributed by atoms with Gasteiger partial charge in [0.25, 0.3) is 0 Å². The molecule has 3 aliphatic rings. The van der Waals surface area contributed by atoms with Gasteiger partial charge in [0.1, 0.15) is 17.6 Å². The fourth-order valence-electron chi connectivity index (χ4n) is 5.61. The highest BCUT2D eigenvalue weighted by molar-refractivity contribution is 5.88. The maximum Gasteiger partial charge on any atom is 0.306 e. The first-order valence-corrected chi connectivity index (χ1v) is 14.7. The second-order valence-corrected chi connectivity index (χ2v) is 12.1. The average molecular weight is 539 g/mol. The molecule has 0 bridgehead atoms. The summed E-state index contributed by atoms with van der Waals surface area (Å²) in [5.41, 5.74) is 1.96. The van der Waals surface area contributed by atoms with Crippen LogP contribution >= 0.6 is 0 Å². The summed E-state index contributed by atoms with van der Waals surface area (Å²) < 4.78 is 5.59. The number of nitrogens with zero attached hydrogens (tertiary/aromatic N) is 5. The standard InChI is InChI=1S/C30H46N6O3/c1-20(2)23-11-14-26-29(31-17-23)30(33-21(3)32-26)34-24-12-8-22(9-13-24)10-15-28(38)39-25-18-36(19-25)27(37)7-6-16-35(4)5/h6-7,17,20,22-25H,8-16,18-19H2,1-5H3,(H,32,33,34)/b7-6+. The van der Waals surface area contributed by atoms with Gasteiger partial charge in [0.15, 0.2) is 5.82 Å². The zero-order valence-corrected chi connectivity index (χ0v) is 24.4. The number of fused-ring (bicyclic) bond motifs is 1. The Hall–Kier alpha value is -2.81. The number of amides is 1. The average Bonchev–Trinajstić information content (AvgIpc) is 3.08. The van der Waals surface area contributed by atoms with E-state index in [0.717, 1.165) is 74.5 Å². The normalized spacial score (nSPS) is 23.6. The van der Waals surface area contributed by atoms with Crippen molar-refractivity contribution in [2.24, 2.45) is 22.7 Å². The van der Waals surface area contributed by atoms with E-state index in [1.54, 1.807) is 11.0 Å². The minimum Gasteiger partial charge on any atom is -0.459 e. The van der Waals surface area contributed by atoms with Crippen molar-refractivity contribution < 1.29 is 14.3 Å². The molecular weight excluding hydrogens is 492 g/mol. The van der Waals surface area contributed by atoms with Crippen LogP contribution in [0.1, 0.15) is 70.3 Å². The van der Waals surface area contributed by atoms with Crippen LogP contribution in [0.25, 0.3) is 0 Å². The molecule has 1 saturated heterocycles. The summed E-state index contributed by atoms with van der Waals surface area (Å²) in [6.45, 7) is 8.16. The van der Waals surface area contributed by atoms with Crippen molar-refractivity contribution in [3.8, 4) is 0 Å². The molecule has 1 unspecified atom stereocenters. The Morgan fingerprint density at radius 3 is 2.59 bits per heavy atom. The van der Waals surface area contributed by atoms with E-state index < -0.39 is 0 Å². The van der Waals surface area contributed by atoms with Gasteiger partial charge in [-0.25, -0.2) is 9.97 Å². The number of hydrogen-bond acceptors (Lipinski definition) is 8. The van der Waals surface area contributed by atoms with E-state index in [2.05, 4.69) is 25.4 Å². The number of hydrogen-bond donors (Lipinski definition) is 1. The third-order valence-corrected chi connectivity index (χ3v) is 8.17. The second-order valence-electron chi connectivity index (χ2n) is 12.1. The first-order chi connectivity index (χ1) is 18.7. The molecule has 1 aliphatic carbocycles. The number of aryl methyl sites for hydroxylation is 2. The molecule has 2 aliphatic heterocycles. The van der Waals surface area contributed by atoms with Gasteiger partial charge in [-0.1, -0.05) is 19.9 Å². The molecule has 4 rings (SSSR count). The summed E-state index contributed by atoms with van der Waals surface area (Å²) in [6, 6.07) is 0.358. The Balaban J connectivity index is 1.17. The molecule has 1 aromatic heterocycles. The Morgan fingerprint density at radius 2 is 1.90 bits per heavy atom. The van der Waals surface area contributed by atoms with Crippen LogP contribution in [-0.2, 0) is 20.7 Å². The molecule has 0 aromatic carbocycles. The van der Waals surface area contributed by atoms with Crippen LogP contribution in [0.2, 0.25) is 0 Å². The van der Waals surface area contributed by atoms with Crippen LogP contribution in [0.5, 0.6) is 0 Å². The van der Waals surface area contributed by atoms with Crippen LogP contribution in [0.3, 0.4) is 0 Å². The molecule has 39 heavy (non-hydrogen) atoms. The monoisotopic (exact) mass is 538 g/mol. The number of anilines is 1. The molecule has 1 aromatic rings. The molecule has 0 spiro atoms. The van der Waals surface area contributed by atoms with E-state index in [1.165, 1.54) is 0 Å². The van der Waals surface area contributed by atoms with Gasteiger partial charge in [-0.2, -0.15) is 0 Å². The summed E-state index contributed by atoms with van der Waals surface area (Å²) in [5, 5.41) is 3.68. The zero-order chi connectivity index (χ0) is 27.9. The molecule has 1 atom stereocenters. The van der Waals surface area contributed by atoms with E-state index in [1.807, 2.05) is 32.0 Å². The van der Waals surface area contributed by atoms with Crippen LogP contribution < -0.4 is 5.32 Å². The number of rotatable bonds is 10. The van der Waals surface area contributed by atoms with Gasteiger partial charge in [0.2, 0.25) is 5.91 Å². The lowest BCUT2D eigenvalue weighted by molar-refractivity contribution is -0.162. The van der Waals surface area contributed by atoms with Gasteiger partial charge in [0, 0.05) is 31.3 Å². The third-order valence-electron chi connectivity index (χ3n) is 8.17. The summed E-state index contributed by atoms with van der Waals surface area (Å²) in [7, 11) is 3.92. The van der Waals surface area contributed by atoms with Crippen LogP contribution in [0.4, 0.5) is 11.5 Å². The number of likely N-dealkylation sites (N-methyl/N-ethyl adjacent to an activating group) is 1. The highest BCUT2D eigenvalue weighted by Crippen LogP contribution is 2.35. The van der Waals surface area contributed by atoms with E-state index >= 15 is 0 Å². The van der Waals surface area contributed by atoms with Crippen molar-refractivity contribution in [2.75, 3.05) is 39.0 Å². The van der Waals surface area contributed by atoms with Gasteiger partial charge in [-0.15, -0.1) is 0 Å². The Morgan fingerprint density at radius 1 is 1.15 bits per heavy atom. The van der Waals surface area contributed by atoms with Crippen LogP contribution in [-0.4, -0.2) is 83.7 Å². The van der Waals surface area contributed by atoms with Crippen LogP contribution in [0, 0.1) is 24.7 Å². The first-order valence-electron chi connectivity index (χ1n) is 14.7. The number of aromatic nitrogens is 2. The lowest BCUT2D eigenvalue weighted by atomic mass is 9.83. The predicted molar refractivity (Wildman–Crippen MR) is 154 cm³/mol. The fourth-order valence-corrected chi connectivity index (χ4v) is 5.61. The Kier molecular flexibility index (Phi) is 10.1. The summed E-state index contributed by atoms with van der Waals surface area (Å²) in [5.74, 6) is 3.06. The molecule has 0 radical (unpaired) electrons. The topological polar surface area (TPSA) is 100 Å². The third kappa shape index (κ3) is 8.34. The van der Waals surface area contributed by atoms with Gasteiger partial charge in [0.05, 0.1) is 18.8 Å². The fraction of sp³-hybridized carbons (Fsp3) is 0.700. The molecule has 2 fully saturated rings. The number of ether oxygens (including phenoxy) is 1. The number of carbonyl (C=O) groups excluding carboxylic acids is 2. The Bertz CT molecular complexity index is 1060. The highest BCUT2D eigenvalue weighted by atomic mass is 16.5. The molecule has 9 nitrogen and oxygen atoms in total. The van der Waals surface area contributed by atoms with E-state index in [9.17, 15) is 9.59 Å². The first kappa shape index (κ1) is 29.2. The largest absolute Gasteiger partial charge is 0.459 e. The summed E-state index contributed by atoms with van der Waals surface area (Å²) >= 11 is 0. The zero-order valence-electron chi connectivity index (χ0n) is 24.4. The number of likely N-dealkylation sites (tertiary alicyclic amines) is 1. The van der Waals surface area contributed by atoms with Crippen LogP contribution in [0.15, 0.2) is 17.1 Å². The maximum atomic E-state index is 12.4. The molecule has 3 heterocycles. The molecule has 214 valence electrons. The van der Waals surface area contributed by atoms with Crippen molar-refractivity contribution >= 4 is 29.6 Å². The van der Waals surface area contributed by atoms with Crippen molar-refractivity contribution in [3.63, 3.8) is 0 Å².